The third kappa shape index (κ3) is 3.64. The summed E-state index contributed by atoms with van der Waals surface area (Å²) in [6, 6.07) is 10.5. The van der Waals surface area contributed by atoms with Gasteiger partial charge in [-0.15, -0.1) is 0 Å². The van der Waals surface area contributed by atoms with E-state index in [0.29, 0.717) is 17.1 Å². The maximum absolute atomic E-state index is 11.5. The zero-order valence-corrected chi connectivity index (χ0v) is 9.76. The highest BCUT2D eigenvalue weighted by atomic mass is 16.5. The summed E-state index contributed by atoms with van der Waals surface area (Å²) in [6.07, 6.45) is 1.56. The first-order chi connectivity index (χ1) is 8.74. The second-order valence-electron chi connectivity index (χ2n) is 3.74. The number of hydrogen-bond donors (Lipinski definition) is 2. The SMILES string of the molecule is Nc1ccc(NC(=O)COCc2ccco2)cc1. The van der Waals surface area contributed by atoms with Gasteiger partial charge in [-0.1, -0.05) is 0 Å². The number of ether oxygens (including phenoxy) is 1. The molecule has 94 valence electrons. The lowest BCUT2D eigenvalue weighted by Crippen LogP contribution is -2.18. The molecule has 0 saturated carbocycles. The molecule has 0 unspecified atom stereocenters. The largest absolute Gasteiger partial charge is 0.467 e. The first kappa shape index (κ1) is 12.2. The number of amides is 1. The molecule has 1 aromatic carbocycles. The summed E-state index contributed by atoms with van der Waals surface area (Å²) in [5.41, 5.74) is 6.89. The fraction of sp³-hybridized carbons (Fsp3) is 0.154. The Balaban J connectivity index is 1.73. The van der Waals surface area contributed by atoms with Gasteiger partial charge in [-0.05, 0) is 36.4 Å². The van der Waals surface area contributed by atoms with Gasteiger partial charge in [0.15, 0.2) is 0 Å². The van der Waals surface area contributed by atoms with Crippen molar-refractivity contribution >= 4 is 17.3 Å². The Labute approximate surface area is 105 Å². The van der Waals surface area contributed by atoms with Crippen molar-refractivity contribution in [2.75, 3.05) is 17.7 Å². The summed E-state index contributed by atoms with van der Waals surface area (Å²) < 4.78 is 10.3. The van der Waals surface area contributed by atoms with Crippen LogP contribution in [0.25, 0.3) is 0 Å². The van der Waals surface area contributed by atoms with Crippen LogP contribution in [-0.4, -0.2) is 12.5 Å². The first-order valence-corrected chi connectivity index (χ1v) is 5.49. The summed E-state index contributed by atoms with van der Waals surface area (Å²) in [5.74, 6) is 0.474. The molecule has 0 aliphatic heterocycles. The quantitative estimate of drug-likeness (QED) is 0.791. The lowest BCUT2D eigenvalue weighted by atomic mass is 10.3. The molecule has 5 nitrogen and oxygen atoms in total. The van der Waals surface area contributed by atoms with Gasteiger partial charge in [-0.3, -0.25) is 4.79 Å². The maximum Gasteiger partial charge on any atom is 0.250 e. The van der Waals surface area contributed by atoms with Gasteiger partial charge in [0.25, 0.3) is 0 Å². The van der Waals surface area contributed by atoms with Crippen molar-refractivity contribution in [1.82, 2.24) is 0 Å². The van der Waals surface area contributed by atoms with Gasteiger partial charge in [0.1, 0.15) is 19.0 Å². The number of carbonyl (C=O) groups is 1. The average molecular weight is 246 g/mol. The molecular weight excluding hydrogens is 232 g/mol. The maximum atomic E-state index is 11.5. The molecule has 0 aliphatic carbocycles. The molecule has 3 N–H and O–H groups in total. The summed E-state index contributed by atoms with van der Waals surface area (Å²) in [7, 11) is 0. The Kier molecular flexibility index (Phi) is 3.98. The molecule has 1 heterocycles. The molecule has 0 spiro atoms. The molecule has 5 heteroatoms. The van der Waals surface area contributed by atoms with Crippen molar-refractivity contribution in [3.63, 3.8) is 0 Å². The molecule has 2 rings (SSSR count). The van der Waals surface area contributed by atoms with Crippen molar-refractivity contribution in [2.24, 2.45) is 0 Å². The molecule has 0 atom stereocenters. The summed E-state index contributed by atoms with van der Waals surface area (Å²) >= 11 is 0. The third-order valence-corrected chi connectivity index (χ3v) is 2.25. The van der Waals surface area contributed by atoms with Crippen LogP contribution in [0.15, 0.2) is 47.1 Å². The van der Waals surface area contributed by atoms with Crippen molar-refractivity contribution in [3.05, 3.63) is 48.4 Å². The van der Waals surface area contributed by atoms with Crippen LogP contribution in [0.3, 0.4) is 0 Å². The van der Waals surface area contributed by atoms with Gasteiger partial charge in [0, 0.05) is 11.4 Å². The van der Waals surface area contributed by atoms with Crippen LogP contribution in [0, 0.1) is 0 Å². The minimum atomic E-state index is -0.216. The van der Waals surface area contributed by atoms with Crippen LogP contribution in [0.4, 0.5) is 11.4 Å². The van der Waals surface area contributed by atoms with E-state index in [1.165, 1.54) is 0 Å². The van der Waals surface area contributed by atoms with Crippen molar-refractivity contribution in [2.45, 2.75) is 6.61 Å². The Hall–Kier alpha value is -2.27. The molecule has 0 aliphatic rings. The molecule has 0 fully saturated rings. The number of rotatable bonds is 5. The number of nitrogens with one attached hydrogen (secondary N) is 1. The number of hydrogen-bond acceptors (Lipinski definition) is 4. The predicted molar refractivity (Wildman–Crippen MR) is 67.8 cm³/mol. The number of anilines is 2. The van der Waals surface area contributed by atoms with Crippen LogP contribution in [0.2, 0.25) is 0 Å². The molecular formula is C13H14N2O3. The van der Waals surface area contributed by atoms with Crippen LogP contribution >= 0.6 is 0 Å². The van der Waals surface area contributed by atoms with E-state index in [9.17, 15) is 4.79 Å². The van der Waals surface area contributed by atoms with E-state index in [-0.39, 0.29) is 19.1 Å². The van der Waals surface area contributed by atoms with Crippen molar-refractivity contribution in [1.29, 1.82) is 0 Å². The van der Waals surface area contributed by atoms with E-state index in [4.69, 9.17) is 14.9 Å². The van der Waals surface area contributed by atoms with Gasteiger partial charge in [0.05, 0.1) is 6.26 Å². The van der Waals surface area contributed by atoms with E-state index in [0.717, 1.165) is 0 Å². The van der Waals surface area contributed by atoms with Gasteiger partial charge in [-0.25, -0.2) is 0 Å². The highest BCUT2D eigenvalue weighted by Crippen LogP contribution is 2.10. The number of nitrogens with two attached hydrogens (primary N) is 1. The summed E-state index contributed by atoms with van der Waals surface area (Å²) in [4.78, 5) is 11.5. The molecule has 0 bridgehead atoms. The number of benzene rings is 1. The van der Waals surface area contributed by atoms with Crippen LogP contribution < -0.4 is 11.1 Å². The zero-order valence-electron chi connectivity index (χ0n) is 9.76. The van der Waals surface area contributed by atoms with Crippen molar-refractivity contribution in [3.8, 4) is 0 Å². The third-order valence-electron chi connectivity index (χ3n) is 2.25. The van der Waals surface area contributed by atoms with Crippen molar-refractivity contribution < 1.29 is 13.9 Å². The lowest BCUT2D eigenvalue weighted by molar-refractivity contribution is -0.121. The minimum Gasteiger partial charge on any atom is -0.467 e. The normalized spacial score (nSPS) is 10.2. The zero-order chi connectivity index (χ0) is 12.8. The van der Waals surface area contributed by atoms with E-state index in [2.05, 4.69) is 5.32 Å². The standard InChI is InChI=1S/C13H14N2O3/c14-10-3-5-11(6-4-10)15-13(16)9-17-8-12-2-1-7-18-12/h1-7H,8-9,14H2,(H,15,16). The van der Waals surface area contributed by atoms with Gasteiger partial charge in [-0.2, -0.15) is 0 Å². The molecule has 1 aromatic heterocycles. The lowest BCUT2D eigenvalue weighted by Gasteiger charge is -2.05. The van der Waals surface area contributed by atoms with Crippen LogP contribution in [0.1, 0.15) is 5.76 Å². The summed E-state index contributed by atoms with van der Waals surface area (Å²) in [6.45, 7) is 0.257. The molecule has 0 radical (unpaired) electrons. The molecule has 1 amide bonds. The Morgan fingerprint density at radius 2 is 2.06 bits per heavy atom. The highest BCUT2D eigenvalue weighted by Gasteiger charge is 2.03. The number of furan rings is 1. The Bertz CT molecular complexity index is 491. The highest BCUT2D eigenvalue weighted by molar-refractivity contribution is 5.91. The molecule has 18 heavy (non-hydrogen) atoms. The second kappa shape index (κ2) is 5.88. The van der Waals surface area contributed by atoms with Gasteiger partial charge < -0.3 is 20.2 Å². The average Bonchev–Trinajstić information content (AvgIpc) is 2.85. The van der Waals surface area contributed by atoms with Crippen LogP contribution in [-0.2, 0) is 16.1 Å². The minimum absolute atomic E-state index is 0.0227. The van der Waals surface area contributed by atoms with Gasteiger partial charge >= 0.3 is 0 Å². The molecule has 0 saturated heterocycles. The van der Waals surface area contributed by atoms with E-state index >= 15 is 0 Å². The fourth-order valence-corrected chi connectivity index (χ4v) is 1.40. The smallest absolute Gasteiger partial charge is 0.250 e. The molecule has 2 aromatic rings. The van der Waals surface area contributed by atoms with Crippen LogP contribution in [0.5, 0.6) is 0 Å². The fourth-order valence-electron chi connectivity index (χ4n) is 1.40. The first-order valence-electron chi connectivity index (χ1n) is 5.49. The summed E-state index contributed by atoms with van der Waals surface area (Å²) in [5, 5.41) is 2.70. The number of carbonyl (C=O) groups excluding carboxylic acids is 1. The van der Waals surface area contributed by atoms with E-state index < -0.39 is 0 Å². The number of nitrogen functional groups attached to an aromatic ring is 1. The van der Waals surface area contributed by atoms with E-state index in [1.54, 1.807) is 42.7 Å². The van der Waals surface area contributed by atoms with Gasteiger partial charge in [0.2, 0.25) is 5.91 Å². The predicted octanol–water partition coefficient (Wildman–Crippen LogP) is 2.02. The Morgan fingerprint density at radius 1 is 1.28 bits per heavy atom. The second-order valence-corrected chi connectivity index (χ2v) is 3.74. The Morgan fingerprint density at radius 3 is 2.72 bits per heavy atom. The van der Waals surface area contributed by atoms with E-state index in [1.807, 2.05) is 0 Å². The topological polar surface area (TPSA) is 77.5 Å². The monoisotopic (exact) mass is 246 g/mol.